The molecule has 0 unspecified atom stereocenters. The first-order valence-corrected chi connectivity index (χ1v) is 5.82. The molecular formula is C9H11N5O2S. The Labute approximate surface area is 101 Å². The number of rotatable bonds is 4. The zero-order valence-corrected chi connectivity index (χ0v) is 10.2. The quantitative estimate of drug-likeness (QED) is 0.798. The van der Waals surface area contributed by atoms with Gasteiger partial charge in [-0.2, -0.15) is 5.10 Å². The van der Waals surface area contributed by atoms with Crippen molar-refractivity contribution in [1.82, 2.24) is 24.5 Å². The highest BCUT2D eigenvalue weighted by atomic mass is 32.2. The molecule has 0 fully saturated rings. The van der Waals surface area contributed by atoms with E-state index in [1.54, 1.807) is 15.4 Å². The van der Waals surface area contributed by atoms with Crippen LogP contribution in [0.25, 0.3) is 5.69 Å². The van der Waals surface area contributed by atoms with Gasteiger partial charge in [-0.1, -0.05) is 11.8 Å². The van der Waals surface area contributed by atoms with Crippen LogP contribution in [-0.4, -0.2) is 41.4 Å². The van der Waals surface area contributed by atoms with Crippen LogP contribution >= 0.6 is 11.8 Å². The molecule has 0 spiro atoms. The first-order chi connectivity index (χ1) is 8.08. The number of carboxylic acid groups (broad SMARTS) is 1. The van der Waals surface area contributed by atoms with Gasteiger partial charge in [0.05, 0.1) is 17.6 Å². The second-order valence-electron chi connectivity index (χ2n) is 3.42. The number of aliphatic carboxylic acids is 1. The Balaban J connectivity index is 2.32. The van der Waals surface area contributed by atoms with Crippen LogP contribution in [0.15, 0.2) is 17.6 Å². The third-order valence-corrected chi connectivity index (χ3v) is 2.98. The normalized spacial score (nSPS) is 10.7. The predicted octanol–water partition coefficient (Wildman–Crippen LogP) is 0.486. The number of hydrogen-bond donors (Lipinski definition) is 1. The van der Waals surface area contributed by atoms with E-state index < -0.39 is 5.97 Å². The molecule has 0 bridgehead atoms. The molecule has 2 rings (SSSR count). The molecule has 0 saturated carbocycles. The Morgan fingerprint density at radius 2 is 2.29 bits per heavy atom. The number of carbonyl (C=O) groups is 1. The molecule has 2 aromatic heterocycles. The minimum Gasteiger partial charge on any atom is -0.481 e. The molecular weight excluding hydrogens is 242 g/mol. The second-order valence-corrected chi connectivity index (χ2v) is 4.36. The lowest BCUT2D eigenvalue weighted by Gasteiger charge is -2.03. The van der Waals surface area contributed by atoms with Crippen LogP contribution < -0.4 is 0 Å². The van der Waals surface area contributed by atoms with E-state index in [1.165, 1.54) is 0 Å². The van der Waals surface area contributed by atoms with Gasteiger partial charge in [-0.05, 0) is 6.92 Å². The molecule has 0 aromatic carbocycles. The van der Waals surface area contributed by atoms with Gasteiger partial charge < -0.3 is 5.11 Å². The van der Waals surface area contributed by atoms with Gasteiger partial charge in [0, 0.05) is 13.2 Å². The smallest absolute Gasteiger partial charge is 0.313 e. The average Bonchev–Trinajstić information content (AvgIpc) is 2.82. The molecule has 0 radical (unpaired) electrons. The van der Waals surface area contributed by atoms with Gasteiger partial charge in [-0.25, -0.2) is 0 Å². The zero-order valence-electron chi connectivity index (χ0n) is 9.36. The fourth-order valence-corrected chi connectivity index (χ4v) is 2.10. The van der Waals surface area contributed by atoms with E-state index in [1.807, 2.05) is 20.2 Å². The monoisotopic (exact) mass is 253 g/mol. The van der Waals surface area contributed by atoms with Gasteiger partial charge >= 0.3 is 5.97 Å². The number of aromatic nitrogens is 5. The van der Waals surface area contributed by atoms with E-state index >= 15 is 0 Å². The topological polar surface area (TPSA) is 85.8 Å². The molecule has 17 heavy (non-hydrogen) atoms. The van der Waals surface area contributed by atoms with E-state index in [0.717, 1.165) is 17.4 Å². The maximum atomic E-state index is 10.5. The minimum absolute atomic E-state index is 0.0433. The lowest BCUT2D eigenvalue weighted by molar-refractivity contribution is -0.133. The minimum atomic E-state index is -0.881. The molecule has 2 aromatic rings. The predicted molar refractivity (Wildman–Crippen MR) is 61.2 cm³/mol. The molecule has 0 aliphatic heterocycles. The summed E-state index contributed by atoms with van der Waals surface area (Å²) in [5.41, 5.74) is 0.822. The molecule has 7 nitrogen and oxygen atoms in total. The van der Waals surface area contributed by atoms with Crippen LogP contribution in [0.4, 0.5) is 0 Å². The van der Waals surface area contributed by atoms with Gasteiger partial charge in [-0.15, -0.1) is 10.2 Å². The van der Waals surface area contributed by atoms with Gasteiger partial charge in [0.15, 0.2) is 5.16 Å². The maximum Gasteiger partial charge on any atom is 0.313 e. The summed E-state index contributed by atoms with van der Waals surface area (Å²) in [5, 5.41) is 21.2. The Morgan fingerprint density at radius 3 is 2.88 bits per heavy atom. The van der Waals surface area contributed by atoms with E-state index in [4.69, 9.17) is 5.11 Å². The highest BCUT2D eigenvalue weighted by Gasteiger charge is 2.13. The number of aryl methyl sites for hydroxylation is 2. The fourth-order valence-electron chi connectivity index (χ4n) is 1.38. The summed E-state index contributed by atoms with van der Waals surface area (Å²) in [5.74, 6) is -0.224. The van der Waals surface area contributed by atoms with Crippen molar-refractivity contribution in [2.45, 2.75) is 12.1 Å². The molecule has 8 heteroatoms. The van der Waals surface area contributed by atoms with Gasteiger partial charge in [0.1, 0.15) is 5.82 Å². The van der Waals surface area contributed by atoms with E-state index in [9.17, 15) is 4.79 Å². The van der Waals surface area contributed by atoms with Crippen molar-refractivity contribution in [3.63, 3.8) is 0 Å². The number of hydrogen-bond acceptors (Lipinski definition) is 5. The Hall–Kier alpha value is -1.83. The molecule has 0 aliphatic rings. The molecule has 90 valence electrons. The average molecular weight is 253 g/mol. The number of nitrogens with zero attached hydrogens (tertiary/aromatic N) is 5. The molecule has 0 amide bonds. The van der Waals surface area contributed by atoms with Crippen LogP contribution in [0.3, 0.4) is 0 Å². The van der Waals surface area contributed by atoms with Crippen molar-refractivity contribution in [2.75, 3.05) is 5.75 Å². The van der Waals surface area contributed by atoms with Crippen LogP contribution in [0, 0.1) is 6.92 Å². The first-order valence-electron chi connectivity index (χ1n) is 4.83. The van der Waals surface area contributed by atoms with Crippen molar-refractivity contribution in [2.24, 2.45) is 7.05 Å². The molecule has 2 heterocycles. The summed E-state index contributed by atoms with van der Waals surface area (Å²) >= 11 is 1.13. The Bertz CT molecular complexity index is 547. The SMILES string of the molecule is Cc1nnc(SCC(=O)O)n1-c1cnn(C)c1. The van der Waals surface area contributed by atoms with Crippen LogP contribution in [-0.2, 0) is 11.8 Å². The summed E-state index contributed by atoms with van der Waals surface area (Å²) in [4.78, 5) is 10.5. The summed E-state index contributed by atoms with van der Waals surface area (Å²) in [7, 11) is 1.81. The number of carboxylic acids is 1. The van der Waals surface area contributed by atoms with E-state index in [2.05, 4.69) is 15.3 Å². The second kappa shape index (κ2) is 4.58. The van der Waals surface area contributed by atoms with Gasteiger partial charge in [0.25, 0.3) is 0 Å². The van der Waals surface area contributed by atoms with Gasteiger partial charge in [0.2, 0.25) is 0 Å². The van der Waals surface area contributed by atoms with Gasteiger partial charge in [-0.3, -0.25) is 14.0 Å². The van der Waals surface area contributed by atoms with Crippen molar-refractivity contribution < 1.29 is 9.90 Å². The third-order valence-electron chi connectivity index (χ3n) is 2.07. The van der Waals surface area contributed by atoms with Crippen LogP contribution in [0.2, 0.25) is 0 Å². The Morgan fingerprint density at radius 1 is 1.53 bits per heavy atom. The summed E-state index contributed by atoms with van der Waals surface area (Å²) in [6.07, 6.45) is 3.50. The molecule has 0 aliphatic carbocycles. The van der Waals surface area contributed by atoms with Crippen molar-refractivity contribution in [3.8, 4) is 5.69 Å². The van der Waals surface area contributed by atoms with E-state index in [0.29, 0.717) is 11.0 Å². The molecule has 1 N–H and O–H groups in total. The highest BCUT2D eigenvalue weighted by Crippen LogP contribution is 2.20. The van der Waals surface area contributed by atoms with Crippen molar-refractivity contribution in [3.05, 3.63) is 18.2 Å². The van der Waals surface area contributed by atoms with Crippen LogP contribution in [0.5, 0.6) is 0 Å². The number of thioether (sulfide) groups is 1. The summed E-state index contributed by atoms with van der Waals surface area (Å²) < 4.78 is 3.45. The largest absolute Gasteiger partial charge is 0.481 e. The summed E-state index contributed by atoms with van der Waals surface area (Å²) in [6.45, 7) is 1.81. The Kier molecular flexibility index (Phi) is 3.14. The van der Waals surface area contributed by atoms with Crippen LogP contribution in [0.1, 0.15) is 5.82 Å². The lowest BCUT2D eigenvalue weighted by atomic mass is 10.5. The third kappa shape index (κ3) is 2.47. The fraction of sp³-hybridized carbons (Fsp3) is 0.333. The summed E-state index contributed by atoms with van der Waals surface area (Å²) in [6, 6.07) is 0. The van der Waals surface area contributed by atoms with Crippen molar-refractivity contribution in [1.29, 1.82) is 0 Å². The highest BCUT2D eigenvalue weighted by molar-refractivity contribution is 7.99. The standard InChI is InChI=1S/C9H11N5O2S/c1-6-11-12-9(17-5-8(15)16)14(6)7-3-10-13(2)4-7/h3-4H,5H2,1-2H3,(H,15,16). The zero-order chi connectivity index (χ0) is 12.4. The lowest BCUT2D eigenvalue weighted by Crippen LogP contribution is -2.02. The maximum absolute atomic E-state index is 10.5. The first kappa shape index (κ1) is 11.6. The van der Waals surface area contributed by atoms with E-state index in [-0.39, 0.29) is 5.75 Å². The van der Waals surface area contributed by atoms with Crippen molar-refractivity contribution >= 4 is 17.7 Å². The molecule has 0 saturated heterocycles. The molecule has 0 atom stereocenters.